The van der Waals surface area contributed by atoms with E-state index >= 15 is 0 Å². The molecule has 8 nitrogen and oxygen atoms in total. The van der Waals surface area contributed by atoms with Crippen molar-refractivity contribution in [2.24, 2.45) is 16.4 Å². The lowest BCUT2D eigenvalue weighted by atomic mass is 9.78. The summed E-state index contributed by atoms with van der Waals surface area (Å²) in [7, 11) is 0. The van der Waals surface area contributed by atoms with Crippen LogP contribution >= 0.6 is 0 Å². The van der Waals surface area contributed by atoms with Crippen LogP contribution in [0.1, 0.15) is 56.5 Å². The fraction of sp³-hybridized carbons (Fsp3) is 0.556. The van der Waals surface area contributed by atoms with E-state index in [1.807, 2.05) is 17.0 Å². The van der Waals surface area contributed by atoms with E-state index in [0.717, 1.165) is 42.1 Å². The molecule has 2 aromatic rings. The number of hydrazone groups is 1. The number of ether oxygens (including phenoxy) is 1. The molecule has 0 spiro atoms. The zero-order valence-corrected chi connectivity index (χ0v) is 21.7. The Morgan fingerprint density at radius 3 is 2.69 bits per heavy atom. The summed E-state index contributed by atoms with van der Waals surface area (Å²) in [5.41, 5.74) is 7.20. The zero-order chi connectivity index (χ0) is 25.0. The number of carbonyl (C=O) groups excluding carboxylic acids is 1. The molecular formula is C27H38N6O2. The second kappa shape index (κ2) is 10.7. The second-order valence-corrected chi connectivity index (χ2v) is 10.5. The van der Waals surface area contributed by atoms with Crippen LogP contribution in [-0.4, -0.2) is 59.8 Å². The minimum atomic E-state index is -0.0707. The molecule has 1 unspecified atom stereocenters. The van der Waals surface area contributed by atoms with Gasteiger partial charge in [-0.3, -0.25) is 4.79 Å². The Hall–Kier alpha value is -3.00. The molecule has 1 aromatic carbocycles. The standard InChI is InChI=1S/C27H38N6O2/c1-6-22(27(3,4)5)25(34)33-11-10-23-21(18-33)24(32-12-14-35-15-13-32)30-26(29-23)31-28-17-20-9-7-8-19(2)16-20/h7-9,16-17,22H,6,10-15,18H2,1-5H3,(H,29,30,31)/b28-17+. The first-order chi connectivity index (χ1) is 16.8. The van der Waals surface area contributed by atoms with Gasteiger partial charge in [0, 0.05) is 37.5 Å². The number of rotatable bonds is 6. The number of hydrogen-bond acceptors (Lipinski definition) is 7. The van der Waals surface area contributed by atoms with Crippen LogP contribution < -0.4 is 10.3 Å². The van der Waals surface area contributed by atoms with Gasteiger partial charge in [-0.2, -0.15) is 10.1 Å². The van der Waals surface area contributed by atoms with Crippen LogP contribution in [0.25, 0.3) is 0 Å². The number of fused-ring (bicyclic) bond motifs is 1. The summed E-state index contributed by atoms with van der Waals surface area (Å²) >= 11 is 0. The monoisotopic (exact) mass is 478 g/mol. The van der Waals surface area contributed by atoms with Crippen LogP contribution in [0, 0.1) is 18.3 Å². The number of anilines is 2. The highest BCUT2D eigenvalue weighted by molar-refractivity contribution is 5.81. The minimum absolute atomic E-state index is 0.00583. The fourth-order valence-corrected chi connectivity index (χ4v) is 4.96. The molecule has 0 radical (unpaired) electrons. The molecule has 2 aliphatic heterocycles. The highest BCUT2D eigenvalue weighted by atomic mass is 16.5. The summed E-state index contributed by atoms with van der Waals surface area (Å²) in [6, 6.07) is 8.16. The van der Waals surface area contributed by atoms with Gasteiger partial charge in [0.2, 0.25) is 11.9 Å². The third-order valence-corrected chi connectivity index (χ3v) is 6.83. The van der Waals surface area contributed by atoms with Gasteiger partial charge in [0.15, 0.2) is 0 Å². The molecule has 1 N–H and O–H groups in total. The maximum Gasteiger partial charge on any atom is 0.245 e. The van der Waals surface area contributed by atoms with Crippen LogP contribution in [0.4, 0.5) is 11.8 Å². The Morgan fingerprint density at radius 1 is 1.23 bits per heavy atom. The predicted octanol–water partition coefficient (Wildman–Crippen LogP) is 4.02. The number of benzene rings is 1. The minimum Gasteiger partial charge on any atom is -0.378 e. The van der Waals surface area contributed by atoms with Gasteiger partial charge in [0.05, 0.1) is 31.7 Å². The highest BCUT2D eigenvalue weighted by Gasteiger charge is 2.35. The summed E-state index contributed by atoms with van der Waals surface area (Å²) in [4.78, 5) is 27.4. The van der Waals surface area contributed by atoms with E-state index < -0.39 is 0 Å². The maximum atomic E-state index is 13.5. The predicted molar refractivity (Wildman–Crippen MR) is 140 cm³/mol. The van der Waals surface area contributed by atoms with Crippen LogP contribution in [-0.2, 0) is 22.5 Å². The van der Waals surface area contributed by atoms with Crippen molar-refractivity contribution in [2.75, 3.05) is 43.2 Å². The molecule has 4 rings (SSSR count). The van der Waals surface area contributed by atoms with Crippen LogP contribution in [0.5, 0.6) is 0 Å². The number of aromatic nitrogens is 2. The van der Waals surface area contributed by atoms with Crippen LogP contribution in [0.15, 0.2) is 29.4 Å². The number of hydrogen-bond donors (Lipinski definition) is 1. The second-order valence-electron chi connectivity index (χ2n) is 10.5. The molecule has 8 heteroatoms. The van der Waals surface area contributed by atoms with Crippen molar-refractivity contribution in [3.63, 3.8) is 0 Å². The summed E-state index contributed by atoms with van der Waals surface area (Å²) in [6.07, 6.45) is 3.32. The van der Waals surface area contributed by atoms with Gasteiger partial charge in [-0.1, -0.05) is 57.5 Å². The van der Waals surface area contributed by atoms with Crippen molar-refractivity contribution < 1.29 is 9.53 Å². The van der Waals surface area contributed by atoms with Crippen molar-refractivity contribution in [3.8, 4) is 0 Å². The lowest BCUT2D eigenvalue weighted by molar-refractivity contribution is -0.140. The van der Waals surface area contributed by atoms with Crippen LogP contribution in [0.2, 0.25) is 0 Å². The molecule has 1 aromatic heterocycles. The van der Waals surface area contributed by atoms with Crippen molar-refractivity contribution in [1.82, 2.24) is 14.9 Å². The van der Waals surface area contributed by atoms with E-state index in [2.05, 4.69) is 62.2 Å². The average Bonchev–Trinajstić information content (AvgIpc) is 2.83. The SMILES string of the molecule is CCC(C(=O)N1CCc2nc(N/N=C/c3cccc(C)c3)nc(N3CCOCC3)c2C1)C(C)(C)C. The molecule has 3 heterocycles. The van der Waals surface area contributed by atoms with E-state index in [4.69, 9.17) is 14.7 Å². The summed E-state index contributed by atoms with van der Waals surface area (Å²) in [5.74, 6) is 1.58. The average molecular weight is 479 g/mol. The highest BCUT2D eigenvalue weighted by Crippen LogP contribution is 2.34. The molecule has 1 fully saturated rings. The molecule has 1 saturated heterocycles. The van der Waals surface area contributed by atoms with Crippen LogP contribution in [0.3, 0.4) is 0 Å². The van der Waals surface area contributed by atoms with Crippen molar-refractivity contribution in [1.29, 1.82) is 0 Å². The number of morpholine rings is 1. The lowest BCUT2D eigenvalue weighted by Gasteiger charge is -2.38. The van der Waals surface area contributed by atoms with Crippen molar-refractivity contribution in [3.05, 3.63) is 46.6 Å². The fourth-order valence-electron chi connectivity index (χ4n) is 4.96. The first kappa shape index (κ1) is 25.1. The molecule has 0 bridgehead atoms. The lowest BCUT2D eigenvalue weighted by Crippen LogP contribution is -2.45. The Bertz CT molecular complexity index is 1070. The quantitative estimate of drug-likeness (QED) is 0.499. The van der Waals surface area contributed by atoms with E-state index in [-0.39, 0.29) is 17.2 Å². The van der Waals surface area contributed by atoms with Crippen molar-refractivity contribution >= 4 is 23.9 Å². The van der Waals surface area contributed by atoms with Gasteiger partial charge in [-0.05, 0) is 24.3 Å². The summed E-state index contributed by atoms with van der Waals surface area (Å²) in [6.45, 7) is 14.7. The number of nitrogens with zero attached hydrogens (tertiary/aromatic N) is 5. The molecule has 188 valence electrons. The first-order valence-corrected chi connectivity index (χ1v) is 12.6. The smallest absolute Gasteiger partial charge is 0.245 e. The van der Waals surface area contributed by atoms with Gasteiger partial charge in [0.1, 0.15) is 5.82 Å². The third kappa shape index (κ3) is 5.99. The largest absolute Gasteiger partial charge is 0.378 e. The van der Waals surface area contributed by atoms with E-state index in [1.54, 1.807) is 6.21 Å². The Labute approximate surface area is 208 Å². The van der Waals surface area contributed by atoms with Gasteiger partial charge in [-0.15, -0.1) is 0 Å². The number of aryl methyl sites for hydroxylation is 1. The van der Waals surface area contributed by atoms with Gasteiger partial charge < -0.3 is 14.5 Å². The summed E-state index contributed by atoms with van der Waals surface area (Å²) in [5, 5.41) is 4.38. The summed E-state index contributed by atoms with van der Waals surface area (Å²) < 4.78 is 5.57. The van der Waals surface area contributed by atoms with Gasteiger partial charge >= 0.3 is 0 Å². The zero-order valence-electron chi connectivity index (χ0n) is 21.7. The van der Waals surface area contributed by atoms with E-state index in [0.29, 0.717) is 38.7 Å². The molecule has 1 amide bonds. The Morgan fingerprint density at radius 2 is 2.00 bits per heavy atom. The maximum absolute atomic E-state index is 13.5. The number of carbonyl (C=O) groups is 1. The van der Waals surface area contributed by atoms with E-state index in [9.17, 15) is 4.79 Å². The Balaban J connectivity index is 1.60. The van der Waals surface area contributed by atoms with E-state index in [1.165, 1.54) is 5.56 Å². The molecule has 0 saturated carbocycles. The first-order valence-electron chi connectivity index (χ1n) is 12.6. The van der Waals surface area contributed by atoms with Gasteiger partial charge in [0.25, 0.3) is 0 Å². The molecule has 0 aliphatic carbocycles. The topological polar surface area (TPSA) is 83.0 Å². The van der Waals surface area contributed by atoms with Gasteiger partial charge in [-0.25, -0.2) is 10.4 Å². The molecule has 2 aliphatic rings. The normalized spacial score (nSPS) is 17.4. The number of amides is 1. The number of nitrogens with one attached hydrogen (secondary N) is 1. The Kier molecular flexibility index (Phi) is 7.69. The molecule has 35 heavy (non-hydrogen) atoms. The third-order valence-electron chi connectivity index (χ3n) is 6.83. The molecule has 1 atom stereocenters. The molecular weight excluding hydrogens is 440 g/mol. The van der Waals surface area contributed by atoms with Crippen molar-refractivity contribution in [2.45, 2.75) is 54.0 Å².